The third-order valence-electron chi connectivity index (χ3n) is 6.58. The third kappa shape index (κ3) is 2.67. The molecule has 3 aromatic heterocycles. The lowest BCUT2D eigenvalue weighted by atomic mass is 10.0. The first-order valence-electron chi connectivity index (χ1n) is 10.7. The molecule has 0 amide bonds. The minimum atomic E-state index is 0.533. The summed E-state index contributed by atoms with van der Waals surface area (Å²) in [4.78, 5) is 18.3. The predicted molar refractivity (Wildman–Crippen MR) is 121 cm³/mol. The molecule has 2 aliphatic rings. The molecule has 0 spiro atoms. The quantitative estimate of drug-likeness (QED) is 0.428. The van der Waals surface area contributed by atoms with Gasteiger partial charge < -0.3 is 4.90 Å². The summed E-state index contributed by atoms with van der Waals surface area (Å²) in [7, 11) is 0. The number of hydrogen-bond donors (Lipinski definition) is 0. The summed E-state index contributed by atoms with van der Waals surface area (Å²) in [5, 5.41) is 1.28. The molecule has 29 heavy (non-hydrogen) atoms. The molecular weight excluding hydrogens is 376 g/mol. The van der Waals surface area contributed by atoms with Gasteiger partial charge in [-0.1, -0.05) is 30.3 Å². The van der Waals surface area contributed by atoms with Gasteiger partial charge in [-0.15, -0.1) is 11.3 Å². The van der Waals surface area contributed by atoms with E-state index in [2.05, 4.69) is 42.2 Å². The van der Waals surface area contributed by atoms with Gasteiger partial charge in [-0.3, -0.25) is 0 Å². The van der Waals surface area contributed by atoms with Crippen LogP contribution in [0.1, 0.15) is 43.7 Å². The summed E-state index contributed by atoms with van der Waals surface area (Å²) in [5.74, 6) is 1.11. The Morgan fingerprint density at radius 3 is 2.72 bits per heavy atom. The number of benzene rings is 1. The van der Waals surface area contributed by atoms with Gasteiger partial charge in [-0.25, -0.2) is 15.0 Å². The maximum atomic E-state index is 5.19. The summed E-state index contributed by atoms with van der Waals surface area (Å²) in [6, 6.07) is 11.2. The lowest BCUT2D eigenvalue weighted by Gasteiger charge is -2.34. The Balaban J connectivity index is 1.62. The van der Waals surface area contributed by atoms with E-state index in [0.29, 0.717) is 6.04 Å². The largest absolute Gasteiger partial charge is 0.353 e. The number of aromatic nitrogens is 3. The van der Waals surface area contributed by atoms with Crippen molar-refractivity contribution in [1.82, 2.24) is 15.0 Å². The summed E-state index contributed by atoms with van der Waals surface area (Å²) in [5.41, 5.74) is 6.39. The molecule has 0 unspecified atom stereocenters. The lowest BCUT2D eigenvalue weighted by molar-refractivity contribution is 0.482. The molecule has 0 radical (unpaired) electrons. The molecule has 146 valence electrons. The van der Waals surface area contributed by atoms with Gasteiger partial charge in [0.15, 0.2) is 0 Å². The van der Waals surface area contributed by atoms with Gasteiger partial charge in [0.1, 0.15) is 17.0 Å². The molecular formula is C24H24N4S. The molecule has 4 heterocycles. The number of thiophene rings is 1. The number of pyridine rings is 1. The zero-order valence-corrected chi connectivity index (χ0v) is 17.5. The maximum absolute atomic E-state index is 5.19. The van der Waals surface area contributed by atoms with Crippen molar-refractivity contribution in [3.8, 4) is 11.3 Å². The second-order valence-electron chi connectivity index (χ2n) is 8.33. The number of rotatable bonds is 2. The predicted octanol–water partition coefficient (Wildman–Crippen LogP) is 5.77. The van der Waals surface area contributed by atoms with Crippen LogP contribution in [0.15, 0.2) is 36.7 Å². The molecule has 1 saturated heterocycles. The van der Waals surface area contributed by atoms with E-state index in [-0.39, 0.29) is 0 Å². The van der Waals surface area contributed by atoms with Gasteiger partial charge in [0.2, 0.25) is 0 Å². The molecule has 1 aliphatic carbocycles. The zero-order chi connectivity index (χ0) is 19.4. The minimum Gasteiger partial charge on any atom is -0.353 e. The maximum Gasteiger partial charge on any atom is 0.150 e. The van der Waals surface area contributed by atoms with Crippen molar-refractivity contribution in [2.75, 3.05) is 11.4 Å². The first-order chi connectivity index (χ1) is 14.3. The summed E-state index contributed by atoms with van der Waals surface area (Å²) >= 11 is 1.78. The molecule has 0 saturated carbocycles. The number of aryl methyl sites for hydroxylation is 1. The van der Waals surface area contributed by atoms with Crippen molar-refractivity contribution in [2.45, 2.75) is 51.5 Å². The summed E-state index contributed by atoms with van der Waals surface area (Å²) in [6.07, 6.45) is 8.99. The first kappa shape index (κ1) is 17.3. The van der Waals surface area contributed by atoms with Crippen LogP contribution in [0, 0.1) is 0 Å². The van der Waals surface area contributed by atoms with Crippen molar-refractivity contribution in [3.05, 3.63) is 47.8 Å². The summed E-state index contributed by atoms with van der Waals surface area (Å²) < 4.78 is 1.21. The first-order valence-corrected chi connectivity index (χ1v) is 11.5. The highest BCUT2D eigenvalue weighted by Crippen LogP contribution is 2.44. The highest BCUT2D eigenvalue weighted by atomic mass is 32.1. The van der Waals surface area contributed by atoms with Gasteiger partial charge in [-0.05, 0) is 56.6 Å². The van der Waals surface area contributed by atoms with Crippen LogP contribution < -0.4 is 4.90 Å². The Hall–Kier alpha value is -2.53. The number of piperidine rings is 1. The highest BCUT2D eigenvalue weighted by molar-refractivity contribution is 7.26. The Morgan fingerprint density at radius 1 is 1.00 bits per heavy atom. The fraction of sp³-hybridized carbons (Fsp3) is 0.375. The Morgan fingerprint density at radius 2 is 1.86 bits per heavy atom. The van der Waals surface area contributed by atoms with Gasteiger partial charge in [-0.2, -0.15) is 0 Å². The third-order valence-corrected chi connectivity index (χ3v) is 7.64. The van der Waals surface area contributed by atoms with Gasteiger partial charge >= 0.3 is 0 Å². The van der Waals surface area contributed by atoms with E-state index in [0.717, 1.165) is 41.2 Å². The van der Waals surface area contributed by atoms with Crippen LogP contribution >= 0.6 is 11.3 Å². The lowest BCUT2D eigenvalue weighted by Crippen LogP contribution is -2.38. The number of fused-ring (bicyclic) bond motifs is 5. The molecule has 4 aromatic rings. The van der Waals surface area contributed by atoms with Crippen molar-refractivity contribution in [2.24, 2.45) is 0 Å². The molecule has 6 rings (SSSR count). The van der Waals surface area contributed by atoms with Crippen molar-refractivity contribution < 1.29 is 0 Å². The number of anilines is 1. The van der Waals surface area contributed by atoms with Crippen LogP contribution in [-0.2, 0) is 12.8 Å². The standard InChI is InChI=1S/C24H24N4S/c1-15-8-5-6-13-28(15)23-22-21(25-14-26-23)19-17-11-7-12-18(17)20(27-24(19)29-22)16-9-3-2-4-10-16/h2-4,9-10,14-15H,5-8,11-13H2,1H3/t15-/m0/s1. The van der Waals surface area contributed by atoms with Crippen LogP contribution in [0.4, 0.5) is 5.82 Å². The van der Waals surface area contributed by atoms with E-state index < -0.39 is 0 Å². The normalized spacial score (nSPS) is 19.2. The summed E-state index contributed by atoms with van der Waals surface area (Å²) in [6.45, 7) is 3.41. The Kier molecular flexibility index (Phi) is 4.05. The smallest absolute Gasteiger partial charge is 0.150 e. The monoisotopic (exact) mass is 400 g/mol. The zero-order valence-electron chi connectivity index (χ0n) is 16.7. The van der Waals surface area contributed by atoms with E-state index >= 15 is 0 Å². The molecule has 0 bridgehead atoms. The van der Waals surface area contributed by atoms with E-state index in [1.807, 2.05) is 0 Å². The second kappa shape index (κ2) is 6.77. The Bertz CT molecular complexity index is 1210. The SMILES string of the molecule is C[C@H]1CCCCN1c1ncnc2c1sc1nc(-c3ccccc3)c3c(c12)CCC3. The van der Waals surface area contributed by atoms with Crippen LogP contribution in [0.25, 0.3) is 31.7 Å². The molecule has 1 aromatic carbocycles. The fourth-order valence-electron chi connectivity index (χ4n) is 5.14. The van der Waals surface area contributed by atoms with E-state index in [1.54, 1.807) is 17.7 Å². The van der Waals surface area contributed by atoms with Crippen LogP contribution in [0.5, 0.6) is 0 Å². The molecule has 0 N–H and O–H groups in total. The fourth-order valence-corrected chi connectivity index (χ4v) is 6.30. The van der Waals surface area contributed by atoms with E-state index in [4.69, 9.17) is 15.0 Å². The van der Waals surface area contributed by atoms with Crippen LogP contribution in [0.3, 0.4) is 0 Å². The van der Waals surface area contributed by atoms with Crippen molar-refractivity contribution in [3.63, 3.8) is 0 Å². The van der Waals surface area contributed by atoms with E-state index in [1.165, 1.54) is 52.5 Å². The van der Waals surface area contributed by atoms with Gasteiger partial charge in [0, 0.05) is 23.5 Å². The van der Waals surface area contributed by atoms with Crippen LogP contribution in [-0.4, -0.2) is 27.5 Å². The number of hydrogen-bond acceptors (Lipinski definition) is 5. The van der Waals surface area contributed by atoms with Gasteiger partial charge in [0.05, 0.1) is 15.9 Å². The van der Waals surface area contributed by atoms with Crippen LogP contribution in [0.2, 0.25) is 0 Å². The average molecular weight is 401 g/mol. The second-order valence-corrected chi connectivity index (χ2v) is 9.33. The Labute approximate surface area is 174 Å². The number of nitrogens with zero attached hydrogens (tertiary/aromatic N) is 4. The molecule has 4 nitrogen and oxygen atoms in total. The molecule has 1 aliphatic heterocycles. The minimum absolute atomic E-state index is 0.533. The highest BCUT2D eigenvalue weighted by Gasteiger charge is 2.27. The average Bonchev–Trinajstić information content (AvgIpc) is 3.38. The van der Waals surface area contributed by atoms with Crippen molar-refractivity contribution in [1.29, 1.82) is 0 Å². The van der Waals surface area contributed by atoms with Crippen molar-refractivity contribution >= 4 is 37.6 Å². The molecule has 1 atom stereocenters. The van der Waals surface area contributed by atoms with E-state index in [9.17, 15) is 0 Å². The topological polar surface area (TPSA) is 41.9 Å². The van der Waals surface area contributed by atoms with Gasteiger partial charge in [0.25, 0.3) is 0 Å². The molecule has 1 fully saturated rings. The molecule has 5 heteroatoms.